The molecule has 0 atom stereocenters. The summed E-state index contributed by atoms with van der Waals surface area (Å²) in [6, 6.07) is 3.87. The minimum absolute atomic E-state index is 0.334. The van der Waals surface area contributed by atoms with Crippen molar-refractivity contribution in [3.05, 3.63) is 23.0 Å². The molecular weight excluding hydrogens is 302 g/mol. The molecule has 0 N–H and O–H groups in total. The molecule has 2 nitrogen and oxygen atoms in total. The van der Waals surface area contributed by atoms with Crippen LogP contribution in [-0.4, -0.2) is 26.1 Å². The van der Waals surface area contributed by atoms with Crippen molar-refractivity contribution < 1.29 is 0 Å². The Morgan fingerprint density at radius 2 is 2.14 bits per heavy atom. The molecule has 1 aromatic rings. The van der Waals surface area contributed by atoms with E-state index in [1.165, 1.54) is 0 Å². The Morgan fingerprint density at radius 1 is 1.50 bits per heavy atom. The van der Waals surface area contributed by atoms with E-state index in [1.54, 1.807) is 6.20 Å². The summed E-state index contributed by atoms with van der Waals surface area (Å²) in [5.41, 5.74) is 0.467. The summed E-state index contributed by atoms with van der Waals surface area (Å²) < 4.78 is 1.50. The van der Waals surface area contributed by atoms with E-state index >= 15 is 0 Å². The van der Waals surface area contributed by atoms with E-state index < -0.39 is 21.1 Å². The topological polar surface area (TPSA) is 36.7 Å². The fourth-order valence-electron chi connectivity index (χ4n) is 1.000. The van der Waals surface area contributed by atoms with Gasteiger partial charge in [0.25, 0.3) is 0 Å². The Balaban J connectivity index is 3.03. The molecule has 14 heavy (non-hydrogen) atoms. The average molecular weight is 313 g/mol. The van der Waals surface area contributed by atoms with Crippen LogP contribution >= 0.6 is 11.6 Å². The van der Waals surface area contributed by atoms with Gasteiger partial charge in [0.05, 0.1) is 0 Å². The molecule has 72 valence electrons. The van der Waals surface area contributed by atoms with E-state index in [-0.39, 0.29) is 0 Å². The zero-order chi connectivity index (χ0) is 10.8. The van der Waals surface area contributed by atoms with Crippen LogP contribution < -0.4 is 3.58 Å². The van der Waals surface area contributed by atoms with Gasteiger partial charge in [0.15, 0.2) is 0 Å². The van der Waals surface area contributed by atoms with E-state index in [9.17, 15) is 0 Å². The molecule has 0 aromatic carbocycles. The molecule has 0 unspecified atom stereocenters. The van der Waals surface area contributed by atoms with Gasteiger partial charge in [0.1, 0.15) is 0 Å². The van der Waals surface area contributed by atoms with E-state index in [2.05, 4.69) is 25.8 Å². The van der Waals surface area contributed by atoms with Crippen molar-refractivity contribution in [2.45, 2.75) is 24.2 Å². The van der Waals surface area contributed by atoms with Crippen LogP contribution in [-0.2, 0) is 0 Å². The molecule has 1 heterocycles. The first-order chi connectivity index (χ1) is 6.42. The van der Waals surface area contributed by atoms with E-state index in [0.717, 1.165) is 3.58 Å². The molecule has 0 bridgehead atoms. The molecule has 0 aliphatic heterocycles. The molecule has 0 fully saturated rings. The first kappa shape index (κ1) is 11.8. The number of halogens is 1. The molecule has 0 spiro atoms. The second-order valence-electron chi connectivity index (χ2n) is 4.04. The van der Waals surface area contributed by atoms with Crippen molar-refractivity contribution in [1.29, 1.82) is 5.26 Å². The summed E-state index contributed by atoms with van der Waals surface area (Å²) >= 11 is 5.28. The third kappa shape index (κ3) is 3.47. The molecule has 0 aliphatic carbocycles. The van der Waals surface area contributed by atoms with Crippen LogP contribution in [0.3, 0.4) is 0 Å². The number of pyridine rings is 1. The zero-order valence-corrected chi connectivity index (χ0v) is 12.0. The third-order valence-corrected chi connectivity index (χ3v) is 6.32. The Labute approximate surface area is 99.5 Å². The van der Waals surface area contributed by atoms with Gasteiger partial charge < -0.3 is 0 Å². The normalized spacial score (nSPS) is 11.1. The first-order valence-corrected chi connectivity index (χ1v) is 7.49. The van der Waals surface area contributed by atoms with Gasteiger partial charge in [-0.2, -0.15) is 0 Å². The van der Waals surface area contributed by atoms with Crippen molar-refractivity contribution in [3.8, 4) is 6.07 Å². The van der Waals surface area contributed by atoms with Gasteiger partial charge in [0.2, 0.25) is 0 Å². The zero-order valence-electron chi connectivity index (χ0n) is 8.43. The van der Waals surface area contributed by atoms with Gasteiger partial charge in [0, 0.05) is 0 Å². The Morgan fingerprint density at radius 3 is 2.64 bits per heavy atom. The van der Waals surface area contributed by atoms with Crippen LogP contribution in [0.4, 0.5) is 0 Å². The quantitative estimate of drug-likeness (QED) is 0.745. The summed E-state index contributed by atoms with van der Waals surface area (Å²) in [5, 5.41) is 9.43. The van der Waals surface area contributed by atoms with Crippen LogP contribution in [0.5, 0.6) is 0 Å². The standard InChI is InChI=1S/C6H2ClN2.C4H9.Sn/c7-5-1-2-6(3-8)9-4-5;1-4(2)3;/h2,4H;1-3H3;. The molecular formula is C10H11ClN2Sn. The maximum atomic E-state index is 8.71. The van der Waals surface area contributed by atoms with Gasteiger partial charge in [-0.05, 0) is 0 Å². The summed E-state index contributed by atoms with van der Waals surface area (Å²) in [5.74, 6) is 0. The Hall–Kier alpha value is -0.271. The van der Waals surface area contributed by atoms with Gasteiger partial charge in [-0.3, -0.25) is 0 Å². The summed E-state index contributed by atoms with van der Waals surface area (Å²) in [6.07, 6.45) is 1.59. The SMILES string of the molecule is C[C](C)(C)[Sn][c]1cc(C#N)ncc1Cl. The Bertz CT molecular complexity index is 377. The minimum atomic E-state index is -0.748. The predicted octanol–water partition coefficient (Wildman–Crippen LogP) is 2.15. The van der Waals surface area contributed by atoms with Gasteiger partial charge >= 0.3 is 99.8 Å². The van der Waals surface area contributed by atoms with Gasteiger partial charge in [-0.15, -0.1) is 0 Å². The van der Waals surface area contributed by atoms with Crippen LogP contribution in [0.25, 0.3) is 0 Å². The molecule has 0 saturated heterocycles. The van der Waals surface area contributed by atoms with Crippen molar-refractivity contribution in [1.82, 2.24) is 4.98 Å². The van der Waals surface area contributed by atoms with Crippen molar-refractivity contribution >= 4 is 36.3 Å². The average Bonchev–Trinajstić information content (AvgIpc) is 2.06. The summed E-state index contributed by atoms with van der Waals surface area (Å²) in [4.78, 5) is 3.92. The molecule has 4 heteroatoms. The number of nitrogens with zero attached hydrogens (tertiary/aromatic N) is 2. The maximum absolute atomic E-state index is 8.71. The molecule has 0 amide bonds. The van der Waals surface area contributed by atoms with Crippen molar-refractivity contribution in [2.75, 3.05) is 0 Å². The fourth-order valence-corrected chi connectivity index (χ4v) is 4.85. The van der Waals surface area contributed by atoms with Crippen molar-refractivity contribution in [3.63, 3.8) is 0 Å². The van der Waals surface area contributed by atoms with Crippen LogP contribution in [0.1, 0.15) is 26.5 Å². The Kier molecular flexibility index (Phi) is 3.79. The summed E-state index contributed by atoms with van der Waals surface area (Å²) in [6.45, 7) is 6.63. The van der Waals surface area contributed by atoms with Gasteiger partial charge in [-0.1, -0.05) is 0 Å². The van der Waals surface area contributed by atoms with Crippen LogP contribution in [0.15, 0.2) is 12.3 Å². The van der Waals surface area contributed by atoms with Crippen molar-refractivity contribution in [2.24, 2.45) is 0 Å². The van der Waals surface area contributed by atoms with Crippen LogP contribution in [0.2, 0.25) is 8.45 Å². The fraction of sp³-hybridized carbons (Fsp3) is 0.400. The second-order valence-corrected chi connectivity index (χ2v) is 11.0. The number of rotatable bonds is 1. The summed E-state index contributed by atoms with van der Waals surface area (Å²) in [7, 11) is 0. The number of hydrogen-bond acceptors (Lipinski definition) is 2. The predicted molar refractivity (Wildman–Crippen MR) is 59.1 cm³/mol. The first-order valence-electron chi connectivity index (χ1n) is 4.26. The monoisotopic (exact) mass is 314 g/mol. The number of nitriles is 1. The molecule has 0 aliphatic rings. The van der Waals surface area contributed by atoms with E-state index in [4.69, 9.17) is 16.9 Å². The van der Waals surface area contributed by atoms with Gasteiger partial charge in [-0.25, -0.2) is 0 Å². The van der Waals surface area contributed by atoms with Crippen LogP contribution in [0, 0.1) is 11.3 Å². The second kappa shape index (κ2) is 4.50. The molecule has 2 radical (unpaired) electrons. The van der Waals surface area contributed by atoms with E-state index in [1.807, 2.05) is 12.1 Å². The van der Waals surface area contributed by atoms with E-state index in [0.29, 0.717) is 14.1 Å². The number of aromatic nitrogens is 1. The molecule has 0 saturated carbocycles. The number of hydrogen-bond donors (Lipinski definition) is 0. The molecule has 1 rings (SSSR count). The molecule has 1 aromatic heterocycles. The third-order valence-electron chi connectivity index (χ3n) is 1.48.